The topological polar surface area (TPSA) is 0 Å². The average molecular weight is 467 g/mol. The van der Waals surface area contributed by atoms with Gasteiger partial charge in [0.05, 0.1) is 0 Å². The lowest BCUT2D eigenvalue weighted by Gasteiger charge is -2.39. The summed E-state index contributed by atoms with van der Waals surface area (Å²) in [5.41, 5.74) is 5.75. The first-order chi connectivity index (χ1) is 16.2. The van der Waals surface area contributed by atoms with Crippen molar-refractivity contribution in [2.45, 2.75) is 53.7 Å². The van der Waals surface area contributed by atoms with Crippen molar-refractivity contribution in [3.63, 3.8) is 0 Å². The van der Waals surface area contributed by atoms with Gasteiger partial charge in [-0.05, 0) is 77.0 Å². The normalized spacial score (nSPS) is 16.2. The van der Waals surface area contributed by atoms with E-state index in [0.29, 0.717) is 0 Å². The van der Waals surface area contributed by atoms with Crippen molar-refractivity contribution in [1.82, 2.24) is 0 Å². The fourth-order valence-electron chi connectivity index (χ4n) is 5.30. The van der Waals surface area contributed by atoms with Gasteiger partial charge >= 0.3 is 0 Å². The van der Waals surface area contributed by atoms with Crippen molar-refractivity contribution in [2.24, 2.45) is 0 Å². The van der Waals surface area contributed by atoms with E-state index in [1.165, 1.54) is 64.1 Å². The molecule has 2 heteroatoms. The van der Waals surface area contributed by atoms with Crippen LogP contribution in [0, 0.1) is 0 Å². The molecule has 1 unspecified atom stereocenters. The van der Waals surface area contributed by atoms with Crippen molar-refractivity contribution in [3.05, 3.63) is 131 Å². The van der Waals surface area contributed by atoms with E-state index in [0.717, 1.165) is 6.42 Å². The molecular formula is C31H30S2. The van der Waals surface area contributed by atoms with Crippen molar-refractivity contribution in [3.8, 4) is 0 Å². The Morgan fingerprint density at radius 3 is 1.88 bits per heavy atom. The van der Waals surface area contributed by atoms with Crippen LogP contribution in [0.5, 0.6) is 0 Å². The molecule has 0 nitrogen and oxygen atoms in total. The van der Waals surface area contributed by atoms with Crippen molar-refractivity contribution >= 4 is 20.6 Å². The SMILES string of the molecule is S=S(c1ccccc1)c1cccc(C2(c3cccc(Cc4ccccc4)c3)CCCCC2)c1. The van der Waals surface area contributed by atoms with E-state index >= 15 is 0 Å². The van der Waals surface area contributed by atoms with Crippen LogP contribution in [0.25, 0.3) is 0 Å². The zero-order valence-electron chi connectivity index (χ0n) is 19.0. The monoisotopic (exact) mass is 466 g/mol. The van der Waals surface area contributed by atoms with E-state index in [9.17, 15) is 0 Å². The predicted octanol–water partition coefficient (Wildman–Crippen LogP) is 8.03. The van der Waals surface area contributed by atoms with Crippen LogP contribution in [0.15, 0.2) is 119 Å². The van der Waals surface area contributed by atoms with Crippen LogP contribution in [0.2, 0.25) is 0 Å². The molecule has 0 aromatic heterocycles. The molecule has 1 aliphatic rings. The van der Waals surface area contributed by atoms with E-state index < -0.39 is 0 Å². The van der Waals surface area contributed by atoms with Crippen molar-refractivity contribution < 1.29 is 0 Å². The molecule has 0 aliphatic heterocycles. The summed E-state index contributed by atoms with van der Waals surface area (Å²) >= 11 is 6.01. The second-order valence-electron chi connectivity index (χ2n) is 9.12. The van der Waals surface area contributed by atoms with Crippen LogP contribution < -0.4 is 0 Å². The first-order valence-electron chi connectivity index (χ1n) is 12.0. The number of hydrogen-bond acceptors (Lipinski definition) is 1. The van der Waals surface area contributed by atoms with Gasteiger partial charge in [-0.15, -0.1) is 0 Å². The van der Waals surface area contributed by atoms with Crippen LogP contribution in [0.1, 0.15) is 54.4 Å². The third kappa shape index (κ3) is 4.88. The summed E-state index contributed by atoms with van der Waals surface area (Å²) in [6.07, 6.45) is 7.30. The van der Waals surface area contributed by atoms with Crippen LogP contribution in [0.3, 0.4) is 0 Å². The Morgan fingerprint density at radius 1 is 0.576 bits per heavy atom. The third-order valence-corrected chi connectivity index (χ3v) is 9.53. The van der Waals surface area contributed by atoms with E-state index in [-0.39, 0.29) is 14.9 Å². The molecule has 0 heterocycles. The third-order valence-electron chi connectivity index (χ3n) is 7.00. The van der Waals surface area contributed by atoms with Gasteiger partial charge in [-0.1, -0.05) is 114 Å². The van der Waals surface area contributed by atoms with Crippen molar-refractivity contribution in [2.75, 3.05) is 0 Å². The van der Waals surface area contributed by atoms with Gasteiger partial charge < -0.3 is 0 Å². The second kappa shape index (κ2) is 10.2. The summed E-state index contributed by atoms with van der Waals surface area (Å²) < 4.78 is 0. The van der Waals surface area contributed by atoms with Crippen LogP contribution >= 0.6 is 0 Å². The van der Waals surface area contributed by atoms with Gasteiger partial charge in [0.25, 0.3) is 0 Å². The van der Waals surface area contributed by atoms with Crippen LogP contribution in [0.4, 0.5) is 0 Å². The lowest BCUT2D eigenvalue weighted by atomic mass is 9.65. The Hall–Kier alpha value is -2.55. The molecule has 1 atom stereocenters. The molecule has 0 saturated heterocycles. The summed E-state index contributed by atoms with van der Waals surface area (Å²) in [6.45, 7) is 0. The first-order valence-corrected chi connectivity index (χ1v) is 14.1. The van der Waals surface area contributed by atoms with Crippen molar-refractivity contribution in [1.29, 1.82) is 0 Å². The highest BCUT2D eigenvalue weighted by Crippen LogP contribution is 2.45. The molecule has 0 radical (unpaired) electrons. The fourth-order valence-corrected chi connectivity index (χ4v) is 7.06. The minimum Gasteiger partial charge on any atom is -0.0622 e. The number of hydrogen-bond donors (Lipinski definition) is 0. The molecule has 0 spiro atoms. The summed E-state index contributed by atoms with van der Waals surface area (Å²) in [5, 5.41) is 0. The van der Waals surface area contributed by atoms with Crippen LogP contribution in [-0.2, 0) is 32.5 Å². The van der Waals surface area contributed by atoms with Gasteiger partial charge in [0.2, 0.25) is 0 Å². The Kier molecular flexibility index (Phi) is 6.85. The molecule has 0 bridgehead atoms. The highest BCUT2D eigenvalue weighted by atomic mass is 32.8. The average Bonchev–Trinajstić information content (AvgIpc) is 2.90. The first kappa shape index (κ1) is 22.3. The standard InChI is InChI=1S/C31H30S2/c32-33(29-17-6-2-7-18-29)30-19-11-16-28(24-30)31(20-8-3-9-21-31)27-15-10-14-26(23-27)22-25-12-4-1-5-13-25/h1-2,4-7,10-19,23-24H,3,8-9,20-22H2. The molecular weight excluding hydrogens is 436 g/mol. The second-order valence-corrected chi connectivity index (χ2v) is 11.6. The van der Waals surface area contributed by atoms with E-state index in [2.05, 4.69) is 109 Å². The predicted molar refractivity (Wildman–Crippen MR) is 144 cm³/mol. The smallest absolute Gasteiger partial charge is 0.0203 e. The van der Waals surface area contributed by atoms with Gasteiger partial charge in [-0.25, -0.2) is 0 Å². The molecule has 4 aromatic carbocycles. The minimum atomic E-state index is -0.334. The highest BCUT2D eigenvalue weighted by molar-refractivity contribution is 8.28. The largest absolute Gasteiger partial charge is 0.0622 e. The van der Waals surface area contributed by atoms with Gasteiger partial charge in [0.1, 0.15) is 0 Å². The van der Waals surface area contributed by atoms with Crippen LogP contribution in [-0.4, -0.2) is 0 Å². The lowest BCUT2D eigenvalue weighted by molar-refractivity contribution is 0.345. The molecule has 1 saturated carbocycles. The lowest BCUT2D eigenvalue weighted by Crippen LogP contribution is -2.30. The molecule has 0 N–H and O–H groups in total. The maximum atomic E-state index is 6.01. The Bertz CT molecular complexity index is 1220. The molecule has 166 valence electrons. The summed E-state index contributed by atoms with van der Waals surface area (Å²) in [4.78, 5) is 2.49. The van der Waals surface area contributed by atoms with E-state index in [1.54, 1.807) is 0 Å². The van der Waals surface area contributed by atoms with Gasteiger partial charge in [0.15, 0.2) is 0 Å². The molecule has 1 fully saturated rings. The summed E-state index contributed by atoms with van der Waals surface area (Å²) in [6, 6.07) is 39.9. The number of benzene rings is 4. The fraction of sp³-hybridized carbons (Fsp3) is 0.226. The minimum absolute atomic E-state index is 0.0805. The summed E-state index contributed by atoms with van der Waals surface area (Å²) in [5.74, 6) is 0. The Balaban J connectivity index is 1.53. The maximum Gasteiger partial charge on any atom is 0.0203 e. The molecule has 33 heavy (non-hydrogen) atoms. The molecule has 1 aliphatic carbocycles. The Labute approximate surface area is 205 Å². The zero-order valence-corrected chi connectivity index (χ0v) is 20.6. The zero-order chi connectivity index (χ0) is 22.5. The summed E-state index contributed by atoms with van der Waals surface area (Å²) in [7, 11) is -0.334. The maximum absolute atomic E-state index is 6.01. The highest BCUT2D eigenvalue weighted by Gasteiger charge is 2.36. The van der Waals surface area contributed by atoms with Gasteiger partial charge in [-0.3, -0.25) is 0 Å². The Morgan fingerprint density at radius 2 is 1.15 bits per heavy atom. The van der Waals surface area contributed by atoms with E-state index in [1.807, 2.05) is 0 Å². The molecule has 4 aromatic rings. The van der Waals surface area contributed by atoms with E-state index in [4.69, 9.17) is 11.2 Å². The number of rotatable bonds is 6. The quantitative estimate of drug-likeness (QED) is 0.277. The molecule has 5 rings (SSSR count). The van der Waals surface area contributed by atoms with Gasteiger partial charge in [0, 0.05) is 15.2 Å². The van der Waals surface area contributed by atoms with Gasteiger partial charge in [-0.2, -0.15) is 0 Å². The molecule has 0 amide bonds.